The van der Waals surface area contributed by atoms with E-state index < -0.39 is 17.7 Å². The van der Waals surface area contributed by atoms with Crippen molar-refractivity contribution < 1.29 is 37.3 Å². The van der Waals surface area contributed by atoms with E-state index in [-0.39, 0.29) is 24.5 Å². The van der Waals surface area contributed by atoms with Crippen LogP contribution in [0.5, 0.6) is 23.0 Å². The van der Waals surface area contributed by atoms with Crippen LogP contribution in [0.15, 0.2) is 66.7 Å². The van der Waals surface area contributed by atoms with Crippen LogP contribution in [0.4, 0.5) is 13.2 Å². The van der Waals surface area contributed by atoms with Crippen molar-refractivity contribution in [3.63, 3.8) is 0 Å². The number of aryl methyl sites for hydroxylation is 2. The Morgan fingerprint density at radius 2 is 1.60 bits per heavy atom. The number of halogens is 3. The zero-order valence-electron chi connectivity index (χ0n) is 19.3. The van der Waals surface area contributed by atoms with Crippen LogP contribution in [0.25, 0.3) is 0 Å². The fourth-order valence-electron chi connectivity index (χ4n) is 3.44. The van der Waals surface area contributed by atoms with Crippen molar-refractivity contribution in [1.29, 1.82) is 0 Å². The molecule has 0 unspecified atom stereocenters. The zero-order valence-corrected chi connectivity index (χ0v) is 19.3. The second-order valence-corrected chi connectivity index (χ2v) is 7.80. The second kappa shape index (κ2) is 12.1. The van der Waals surface area contributed by atoms with Crippen molar-refractivity contribution in [2.45, 2.75) is 38.8 Å². The molecule has 5 nitrogen and oxygen atoms in total. The van der Waals surface area contributed by atoms with Gasteiger partial charge in [-0.3, -0.25) is 4.79 Å². The maximum absolute atomic E-state index is 13.2. The number of carbonyl (C=O) groups is 1. The lowest BCUT2D eigenvalue weighted by atomic mass is 10.0. The Balaban J connectivity index is 1.57. The number of hydrogen-bond donors (Lipinski definition) is 1. The lowest BCUT2D eigenvalue weighted by molar-refractivity contribution is -0.138. The molecule has 3 aromatic carbocycles. The molecule has 0 aromatic heterocycles. The molecule has 3 rings (SSSR count). The van der Waals surface area contributed by atoms with Gasteiger partial charge >= 0.3 is 12.1 Å². The standard InChI is InChI=1S/C27H27F3O5/c1-2-19-17-23(12-9-20(19)10-14-26(31)32)33-15-6-16-34-24-13-11-21(27(28,29)30)18-25(24)35-22-7-4-3-5-8-22/h3-5,7-9,11-13,17-18H,2,6,10,14-16H2,1H3,(H,31,32). The van der Waals surface area contributed by atoms with Gasteiger partial charge in [0.15, 0.2) is 11.5 Å². The van der Waals surface area contributed by atoms with Crippen molar-refractivity contribution in [2.75, 3.05) is 13.2 Å². The minimum atomic E-state index is -4.50. The predicted octanol–water partition coefficient (Wildman–Crippen LogP) is 6.93. The minimum absolute atomic E-state index is 0.0171. The van der Waals surface area contributed by atoms with E-state index in [1.165, 1.54) is 6.07 Å². The third-order valence-corrected chi connectivity index (χ3v) is 5.22. The Morgan fingerprint density at radius 1 is 0.857 bits per heavy atom. The van der Waals surface area contributed by atoms with Gasteiger partial charge in [-0.15, -0.1) is 0 Å². The average molecular weight is 489 g/mol. The van der Waals surface area contributed by atoms with Gasteiger partial charge in [-0.25, -0.2) is 0 Å². The first-order valence-electron chi connectivity index (χ1n) is 11.3. The Labute approximate surface area is 202 Å². The lowest BCUT2D eigenvalue weighted by Gasteiger charge is -2.15. The fourth-order valence-corrected chi connectivity index (χ4v) is 3.44. The molecule has 3 aromatic rings. The molecule has 1 N–H and O–H groups in total. The van der Waals surface area contributed by atoms with Crippen LogP contribution in [0.3, 0.4) is 0 Å². The summed E-state index contributed by atoms with van der Waals surface area (Å²) < 4.78 is 56.6. The van der Waals surface area contributed by atoms with Gasteiger partial charge in [0.05, 0.1) is 18.8 Å². The number of rotatable bonds is 12. The maximum Gasteiger partial charge on any atom is 0.416 e. The molecule has 0 aliphatic heterocycles. The quantitative estimate of drug-likeness (QED) is 0.280. The van der Waals surface area contributed by atoms with Crippen molar-refractivity contribution >= 4 is 5.97 Å². The predicted molar refractivity (Wildman–Crippen MR) is 125 cm³/mol. The number of para-hydroxylation sites is 1. The summed E-state index contributed by atoms with van der Waals surface area (Å²) in [4.78, 5) is 10.8. The number of ether oxygens (including phenoxy) is 3. The Kier molecular flexibility index (Phi) is 9.00. The average Bonchev–Trinajstić information content (AvgIpc) is 2.83. The molecule has 186 valence electrons. The van der Waals surface area contributed by atoms with Crippen molar-refractivity contribution in [3.05, 3.63) is 83.4 Å². The highest BCUT2D eigenvalue weighted by Crippen LogP contribution is 2.38. The van der Waals surface area contributed by atoms with Crippen LogP contribution >= 0.6 is 0 Å². The molecule has 0 bridgehead atoms. The van der Waals surface area contributed by atoms with Gasteiger partial charge in [-0.2, -0.15) is 13.2 Å². The summed E-state index contributed by atoms with van der Waals surface area (Å²) in [6.45, 7) is 2.55. The fraction of sp³-hybridized carbons (Fsp3) is 0.296. The van der Waals surface area contributed by atoms with Crippen molar-refractivity contribution in [3.8, 4) is 23.0 Å². The van der Waals surface area contributed by atoms with Gasteiger partial charge in [-0.05, 0) is 66.4 Å². The van der Waals surface area contributed by atoms with Crippen LogP contribution in [0, 0.1) is 0 Å². The summed E-state index contributed by atoms with van der Waals surface area (Å²) in [5, 5.41) is 8.89. The topological polar surface area (TPSA) is 65.0 Å². The van der Waals surface area contributed by atoms with Gasteiger partial charge in [0.1, 0.15) is 11.5 Å². The van der Waals surface area contributed by atoms with Crippen LogP contribution in [-0.2, 0) is 23.8 Å². The number of aliphatic carboxylic acids is 1. The van der Waals surface area contributed by atoms with E-state index >= 15 is 0 Å². The highest BCUT2D eigenvalue weighted by molar-refractivity contribution is 5.67. The minimum Gasteiger partial charge on any atom is -0.493 e. The van der Waals surface area contributed by atoms with Crippen LogP contribution < -0.4 is 14.2 Å². The first kappa shape index (κ1) is 25.9. The molecular formula is C27H27F3O5. The van der Waals surface area contributed by atoms with Crippen LogP contribution in [-0.4, -0.2) is 24.3 Å². The molecule has 0 radical (unpaired) electrons. The number of benzene rings is 3. The first-order chi connectivity index (χ1) is 16.8. The van der Waals surface area contributed by atoms with E-state index in [0.717, 1.165) is 29.7 Å². The Morgan fingerprint density at radius 3 is 2.29 bits per heavy atom. The highest BCUT2D eigenvalue weighted by atomic mass is 19.4. The molecule has 0 saturated carbocycles. The number of alkyl halides is 3. The molecule has 0 aliphatic rings. The molecule has 0 fully saturated rings. The van der Waals surface area contributed by atoms with E-state index in [4.69, 9.17) is 19.3 Å². The summed E-state index contributed by atoms with van der Waals surface area (Å²) in [5.41, 5.74) is 1.20. The summed E-state index contributed by atoms with van der Waals surface area (Å²) in [6.07, 6.45) is -2.71. The molecule has 35 heavy (non-hydrogen) atoms. The molecule has 0 spiro atoms. The monoisotopic (exact) mass is 488 g/mol. The smallest absolute Gasteiger partial charge is 0.416 e. The number of hydrogen-bond acceptors (Lipinski definition) is 4. The van der Waals surface area contributed by atoms with Gasteiger partial charge in [0.2, 0.25) is 0 Å². The third kappa shape index (κ3) is 7.95. The van der Waals surface area contributed by atoms with Crippen molar-refractivity contribution in [2.24, 2.45) is 0 Å². The molecule has 0 aliphatic carbocycles. The zero-order chi connectivity index (χ0) is 25.3. The molecule has 0 saturated heterocycles. The summed E-state index contributed by atoms with van der Waals surface area (Å²) >= 11 is 0. The van der Waals surface area contributed by atoms with E-state index in [1.54, 1.807) is 36.4 Å². The van der Waals surface area contributed by atoms with Crippen LogP contribution in [0.2, 0.25) is 0 Å². The van der Waals surface area contributed by atoms with Crippen molar-refractivity contribution in [1.82, 2.24) is 0 Å². The molecule has 8 heteroatoms. The van der Waals surface area contributed by atoms with E-state index in [0.29, 0.717) is 30.9 Å². The van der Waals surface area contributed by atoms with Gasteiger partial charge < -0.3 is 19.3 Å². The highest BCUT2D eigenvalue weighted by Gasteiger charge is 2.31. The normalized spacial score (nSPS) is 11.2. The lowest BCUT2D eigenvalue weighted by Crippen LogP contribution is -2.08. The molecular weight excluding hydrogens is 461 g/mol. The number of carboxylic acids is 1. The summed E-state index contributed by atoms with van der Waals surface area (Å²) in [7, 11) is 0. The summed E-state index contributed by atoms with van der Waals surface area (Å²) in [5.74, 6) is 0.425. The Hall–Kier alpha value is -3.68. The number of carboxylic acid groups (broad SMARTS) is 1. The van der Waals surface area contributed by atoms with E-state index in [2.05, 4.69) is 0 Å². The molecule has 0 heterocycles. The first-order valence-corrected chi connectivity index (χ1v) is 11.3. The van der Waals surface area contributed by atoms with Gasteiger partial charge in [0, 0.05) is 12.8 Å². The van der Waals surface area contributed by atoms with E-state index in [9.17, 15) is 18.0 Å². The summed E-state index contributed by atoms with van der Waals surface area (Å²) in [6, 6.07) is 17.3. The largest absolute Gasteiger partial charge is 0.493 e. The third-order valence-electron chi connectivity index (χ3n) is 5.22. The van der Waals surface area contributed by atoms with Crippen LogP contribution in [0.1, 0.15) is 36.5 Å². The maximum atomic E-state index is 13.2. The van der Waals surface area contributed by atoms with E-state index in [1.807, 2.05) is 19.1 Å². The van der Waals surface area contributed by atoms with Gasteiger partial charge in [-0.1, -0.05) is 31.2 Å². The molecule has 0 amide bonds. The Bertz CT molecular complexity index is 1110. The van der Waals surface area contributed by atoms with Gasteiger partial charge in [0.25, 0.3) is 0 Å². The molecule has 0 atom stereocenters. The SMILES string of the molecule is CCc1cc(OCCCOc2ccc(C(F)(F)F)cc2Oc2ccccc2)ccc1CCC(=O)O. The second-order valence-electron chi connectivity index (χ2n) is 7.80.